The second kappa shape index (κ2) is 7.38. The minimum Gasteiger partial charge on any atom is -0.367 e. The highest BCUT2D eigenvalue weighted by Gasteiger charge is 2.25. The summed E-state index contributed by atoms with van der Waals surface area (Å²) in [6, 6.07) is 0.437. The minimum absolute atomic E-state index is 0.159. The van der Waals surface area contributed by atoms with Crippen LogP contribution in [-0.2, 0) is 0 Å². The molecule has 1 aromatic rings. The molecule has 0 saturated carbocycles. The monoisotopic (exact) mass is 357 g/mol. The van der Waals surface area contributed by atoms with E-state index in [4.69, 9.17) is 0 Å². The van der Waals surface area contributed by atoms with Crippen LogP contribution in [0.25, 0.3) is 0 Å². The smallest absolute Gasteiger partial charge is 0.267 e. The number of piperazine rings is 1. The summed E-state index contributed by atoms with van der Waals surface area (Å²) >= 11 is 3.28. The summed E-state index contributed by atoms with van der Waals surface area (Å²) < 4.78 is 0.464. The number of anilines is 1. The number of rotatable bonds is 5. The van der Waals surface area contributed by atoms with Gasteiger partial charge in [-0.3, -0.25) is 9.69 Å². The van der Waals surface area contributed by atoms with Gasteiger partial charge in [-0.1, -0.05) is 13.8 Å². The maximum atomic E-state index is 11.6. The van der Waals surface area contributed by atoms with Crippen molar-refractivity contribution in [3.8, 4) is 0 Å². The normalized spacial score (nSPS) is 18.9. The molecule has 118 valence electrons. The Bertz CT molecular complexity index is 510. The van der Waals surface area contributed by atoms with Crippen LogP contribution >= 0.6 is 15.9 Å². The molecule has 0 amide bonds. The lowest BCUT2D eigenvalue weighted by Gasteiger charge is -2.40. The lowest BCUT2D eigenvalue weighted by molar-refractivity contribution is 0.0944. The third-order valence-corrected chi connectivity index (χ3v) is 4.79. The molecule has 1 saturated heterocycles. The molecule has 0 bridgehead atoms. The summed E-state index contributed by atoms with van der Waals surface area (Å²) in [5.74, 6) is 1.15. The second-order valence-electron chi connectivity index (χ2n) is 5.93. The maximum absolute atomic E-state index is 11.6. The third-order valence-electron chi connectivity index (χ3n) is 4.05. The van der Waals surface area contributed by atoms with Gasteiger partial charge in [0.25, 0.3) is 5.56 Å². The quantitative estimate of drug-likeness (QED) is 0.829. The third kappa shape index (κ3) is 4.28. The van der Waals surface area contributed by atoms with Gasteiger partial charge in [0, 0.05) is 38.8 Å². The van der Waals surface area contributed by atoms with Crippen LogP contribution in [0.3, 0.4) is 0 Å². The van der Waals surface area contributed by atoms with Crippen LogP contribution < -0.4 is 10.9 Å². The van der Waals surface area contributed by atoms with Gasteiger partial charge in [-0.2, -0.15) is 0 Å². The highest BCUT2D eigenvalue weighted by atomic mass is 79.9. The van der Waals surface area contributed by atoms with E-state index in [2.05, 4.69) is 61.9 Å². The van der Waals surface area contributed by atoms with Gasteiger partial charge >= 0.3 is 0 Å². The van der Waals surface area contributed by atoms with Gasteiger partial charge in [0.1, 0.15) is 10.3 Å². The molecule has 7 heteroatoms. The van der Waals surface area contributed by atoms with E-state index in [1.54, 1.807) is 0 Å². The summed E-state index contributed by atoms with van der Waals surface area (Å²) in [7, 11) is 2.16. The molecule has 2 heterocycles. The Morgan fingerprint density at radius 2 is 2.05 bits per heavy atom. The number of nitrogens with zero attached hydrogens (tertiary/aromatic N) is 3. The van der Waals surface area contributed by atoms with E-state index >= 15 is 0 Å². The molecule has 0 aliphatic carbocycles. The number of halogens is 1. The van der Waals surface area contributed by atoms with Crippen molar-refractivity contribution >= 4 is 21.7 Å². The largest absolute Gasteiger partial charge is 0.367 e. The van der Waals surface area contributed by atoms with Crippen molar-refractivity contribution in [1.82, 2.24) is 19.8 Å². The predicted octanol–water partition coefficient (Wildman–Crippen LogP) is 1.22. The van der Waals surface area contributed by atoms with E-state index in [-0.39, 0.29) is 5.56 Å². The minimum atomic E-state index is -0.159. The average molecular weight is 358 g/mol. The number of aromatic amines is 1. The summed E-state index contributed by atoms with van der Waals surface area (Å²) in [5.41, 5.74) is -0.159. The molecule has 1 fully saturated rings. The van der Waals surface area contributed by atoms with Crippen LogP contribution in [0.15, 0.2) is 15.6 Å². The van der Waals surface area contributed by atoms with Crippen LogP contribution in [0.5, 0.6) is 0 Å². The standard InChI is InChI=1S/C14H24BrN5O/c1-10(2)11(20-6-4-19(3)5-7-20)8-16-13-12(15)14(21)18-9-17-13/h9-11H,4-8H2,1-3H3,(H2,16,17,18,21). The number of aromatic nitrogens is 2. The van der Waals surface area contributed by atoms with Crippen molar-refractivity contribution in [3.05, 3.63) is 21.2 Å². The SMILES string of the molecule is CC(C)C(CNc1nc[nH]c(=O)c1Br)N1CCN(C)CC1. The lowest BCUT2D eigenvalue weighted by atomic mass is 10.0. The molecule has 0 spiro atoms. The Labute approximate surface area is 134 Å². The molecule has 1 aliphatic rings. The zero-order chi connectivity index (χ0) is 15.4. The highest BCUT2D eigenvalue weighted by molar-refractivity contribution is 9.10. The molecule has 21 heavy (non-hydrogen) atoms. The molecular formula is C14H24BrN5O. The molecule has 0 aromatic carbocycles. The van der Waals surface area contributed by atoms with Gasteiger partial charge in [0.2, 0.25) is 0 Å². The molecule has 6 nitrogen and oxygen atoms in total. The molecule has 1 aromatic heterocycles. The van der Waals surface area contributed by atoms with Crippen molar-refractivity contribution in [1.29, 1.82) is 0 Å². The Balaban J connectivity index is 2.00. The van der Waals surface area contributed by atoms with Gasteiger partial charge in [-0.05, 0) is 28.9 Å². The number of likely N-dealkylation sites (N-methyl/N-ethyl adjacent to an activating group) is 1. The maximum Gasteiger partial charge on any atom is 0.267 e. The van der Waals surface area contributed by atoms with Gasteiger partial charge in [-0.15, -0.1) is 0 Å². The van der Waals surface area contributed by atoms with Crippen molar-refractivity contribution in [2.45, 2.75) is 19.9 Å². The van der Waals surface area contributed by atoms with E-state index in [0.717, 1.165) is 32.7 Å². The molecular weight excluding hydrogens is 334 g/mol. The van der Waals surface area contributed by atoms with Crippen LogP contribution in [-0.4, -0.2) is 65.6 Å². The topological polar surface area (TPSA) is 64.3 Å². The van der Waals surface area contributed by atoms with E-state index in [1.807, 2.05) is 0 Å². The highest BCUT2D eigenvalue weighted by Crippen LogP contribution is 2.17. The molecule has 2 rings (SSSR count). The lowest BCUT2D eigenvalue weighted by Crippen LogP contribution is -2.52. The van der Waals surface area contributed by atoms with Gasteiger partial charge < -0.3 is 15.2 Å². The Morgan fingerprint density at radius 1 is 1.38 bits per heavy atom. The van der Waals surface area contributed by atoms with Crippen LogP contribution in [0.2, 0.25) is 0 Å². The first-order valence-electron chi connectivity index (χ1n) is 7.38. The van der Waals surface area contributed by atoms with Crippen LogP contribution in [0.1, 0.15) is 13.8 Å². The Hall–Kier alpha value is -0.920. The fraction of sp³-hybridized carbons (Fsp3) is 0.714. The van der Waals surface area contributed by atoms with Crippen molar-refractivity contribution < 1.29 is 0 Å². The summed E-state index contributed by atoms with van der Waals surface area (Å²) in [5, 5.41) is 3.31. The molecule has 0 radical (unpaired) electrons. The number of nitrogens with one attached hydrogen (secondary N) is 2. The van der Waals surface area contributed by atoms with Gasteiger partial charge in [0.05, 0.1) is 6.33 Å². The fourth-order valence-electron chi connectivity index (χ4n) is 2.65. The predicted molar refractivity (Wildman–Crippen MR) is 88.7 cm³/mol. The van der Waals surface area contributed by atoms with Crippen LogP contribution in [0, 0.1) is 5.92 Å². The van der Waals surface area contributed by atoms with Crippen molar-refractivity contribution in [2.75, 3.05) is 45.1 Å². The summed E-state index contributed by atoms with van der Waals surface area (Å²) in [4.78, 5) is 23.2. The van der Waals surface area contributed by atoms with E-state index in [0.29, 0.717) is 22.3 Å². The van der Waals surface area contributed by atoms with Crippen molar-refractivity contribution in [2.24, 2.45) is 5.92 Å². The fourth-order valence-corrected chi connectivity index (χ4v) is 3.00. The zero-order valence-corrected chi connectivity index (χ0v) is 14.5. The Morgan fingerprint density at radius 3 is 2.67 bits per heavy atom. The summed E-state index contributed by atoms with van der Waals surface area (Å²) in [6.45, 7) is 9.66. The Kier molecular flexibility index (Phi) is 5.78. The molecule has 1 aliphatic heterocycles. The molecule has 1 atom stereocenters. The van der Waals surface area contributed by atoms with Crippen molar-refractivity contribution in [3.63, 3.8) is 0 Å². The van der Waals surface area contributed by atoms with E-state index < -0.39 is 0 Å². The van der Waals surface area contributed by atoms with E-state index in [9.17, 15) is 4.79 Å². The number of hydrogen-bond acceptors (Lipinski definition) is 5. The second-order valence-corrected chi connectivity index (χ2v) is 6.72. The molecule has 2 N–H and O–H groups in total. The van der Waals surface area contributed by atoms with Gasteiger partial charge in [0.15, 0.2) is 0 Å². The van der Waals surface area contributed by atoms with Crippen LogP contribution in [0.4, 0.5) is 5.82 Å². The first-order valence-corrected chi connectivity index (χ1v) is 8.18. The van der Waals surface area contributed by atoms with E-state index in [1.165, 1.54) is 6.33 Å². The first kappa shape index (κ1) is 16.5. The summed E-state index contributed by atoms with van der Waals surface area (Å²) in [6.07, 6.45) is 1.43. The molecule has 1 unspecified atom stereocenters. The number of hydrogen-bond donors (Lipinski definition) is 2. The zero-order valence-electron chi connectivity index (χ0n) is 12.9. The number of H-pyrrole nitrogens is 1. The average Bonchev–Trinajstić information content (AvgIpc) is 2.45. The first-order chi connectivity index (χ1) is 9.99. The van der Waals surface area contributed by atoms with Gasteiger partial charge in [-0.25, -0.2) is 4.98 Å².